The van der Waals surface area contributed by atoms with Gasteiger partial charge in [0.15, 0.2) is 0 Å². The van der Waals surface area contributed by atoms with E-state index < -0.39 is 11.6 Å². The van der Waals surface area contributed by atoms with Crippen molar-refractivity contribution in [3.8, 4) is 0 Å². The minimum atomic E-state index is -0.578. The van der Waals surface area contributed by atoms with Gasteiger partial charge in [-0.3, -0.25) is 9.78 Å². The summed E-state index contributed by atoms with van der Waals surface area (Å²) in [6.07, 6.45) is 2.96. The van der Waals surface area contributed by atoms with Crippen molar-refractivity contribution in [2.75, 3.05) is 6.61 Å². The number of amides is 1. The average Bonchev–Trinajstić information content (AvgIpc) is 2.52. The van der Waals surface area contributed by atoms with Gasteiger partial charge in [0.1, 0.15) is 18.2 Å². The molecule has 126 valence electrons. The zero-order chi connectivity index (χ0) is 16.9. The molecule has 1 aromatic carbocycles. The normalized spacial score (nSPS) is 19.6. The van der Waals surface area contributed by atoms with Crippen molar-refractivity contribution in [2.24, 2.45) is 0 Å². The Morgan fingerprint density at radius 2 is 2.08 bits per heavy atom. The maximum absolute atomic E-state index is 13.7. The van der Waals surface area contributed by atoms with E-state index in [0.717, 1.165) is 11.8 Å². The second kappa shape index (κ2) is 7.49. The first kappa shape index (κ1) is 16.5. The smallest absolute Gasteiger partial charge is 0.246 e. The Kier molecular flexibility index (Phi) is 5.15. The highest BCUT2D eigenvalue weighted by molar-refractivity contribution is 5.77. The van der Waals surface area contributed by atoms with Crippen LogP contribution in [0.1, 0.15) is 30.0 Å². The van der Waals surface area contributed by atoms with E-state index in [4.69, 9.17) is 4.74 Å². The Bertz CT molecular complexity index is 703. The highest BCUT2D eigenvalue weighted by Crippen LogP contribution is 2.38. The zero-order valence-corrected chi connectivity index (χ0v) is 13.0. The highest BCUT2D eigenvalue weighted by Gasteiger charge is 2.33. The van der Waals surface area contributed by atoms with Crippen LogP contribution in [0.5, 0.6) is 0 Å². The lowest BCUT2D eigenvalue weighted by Gasteiger charge is -2.36. The average molecular weight is 332 g/mol. The van der Waals surface area contributed by atoms with E-state index in [1.165, 1.54) is 12.1 Å². The quantitative estimate of drug-likeness (QED) is 0.885. The molecular formula is C18H18F2N2O2. The Balaban J connectivity index is 1.38. The summed E-state index contributed by atoms with van der Waals surface area (Å²) in [4.78, 5) is 15.9. The predicted octanol–water partition coefficient (Wildman–Crippen LogP) is 2.94. The molecule has 1 aromatic heterocycles. The van der Waals surface area contributed by atoms with Gasteiger partial charge in [0.25, 0.3) is 0 Å². The fraction of sp³-hybridized carbons (Fsp3) is 0.333. The molecule has 0 bridgehead atoms. The van der Waals surface area contributed by atoms with Crippen LogP contribution in [-0.4, -0.2) is 23.5 Å². The molecule has 1 fully saturated rings. The van der Waals surface area contributed by atoms with Gasteiger partial charge in [0.2, 0.25) is 5.91 Å². The number of ether oxygens (including phenoxy) is 1. The number of hydrogen-bond acceptors (Lipinski definition) is 3. The van der Waals surface area contributed by atoms with Crippen LogP contribution in [0.2, 0.25) is 0 Å². The van der Waals surface area contributed by atoms with Crippen molar-refractivity contribution in [3.63, 3.8) is 0 Å². The maximum Gasteiger partial charge on any atom is 0.246 e. The number of rotatable bonds is 6. The highest BCUT2D eigenvalue weighted by atomic mass is 19.1. The van der Waals surface area contributed by atoms with Crippen molar-refractivity contribution in [1.29, 1.82) is 0 Å². The minimum absolute atomic E-state index is 0.00500. The number of aromatic nitrogens is 1. The van der Waals surface area contributed by atoms with Crippen molar-refractivity contribution < 1.29 is 18.3 Å². The van der Waals surface area contributed by atoms with Crippen LogP contribution in [0.25, 0.3) is 0 Å². The Morgan fingerprint density at radius 1 is 1.25 bits per heavy atom. The summed E-state index contributed by atoms with van der Waals surface area (Å²) in [6.45, 7) is 0.241. The number of nitrogens with one attached hydrogen (secondary N) is 1. The fourth-order valence-corrected chi connectivity index (χ4v) is 2.82. The van der Waals surface area contributed by atoms with E-state index in [1.807, 2.05) is 18.2 Å². The predicted molar refractivity (Wildman–Crippen MR) is 84.2 cm³/mol. The number of pyridine rings is 1. The molecule has 3 rings (SSSR count). The number of benzene rings is 1. The SMILES string of the molecule is O=C(COCc1ccccn1)NC1CC(c2ccc(F)cc2F)C1. The second-order valence-electron chi connectivity index (χ2n) is 5.91. The van der Waals surface area contributed by atoms with Gasteiger partial charge in [-0.05, 0) is 42.5 Å². The Hall–Kier alpha value is -2.34. The molecule has 0 saturated heterocycles. The third kappa shape index (κ3) is 4.14. The Morgan fingerprint density at radius 3 is 2.79 bits per heavy atom. The van der Waals surface area contributed by atoms with E-state index in [1.54, 1.807) is 6.20 Å². The molecule has 1 saturated carbocycles. The monoisotopic (exact) mass is 332 g/mol. The lowest BCUT2D eigenvalue weighted by Crippen LogP contribution is -2.44. The lowest BCUT2D eigenvalue weighted by atomic mass is 9.75. The molecule has 4 nitrogen and oxygen atoms in total. The van der Waals surface area contributed by atoms with Crippen LogP contribution >= 0.6 is 0 Å². The third-order valence-corrected chi connectivity index (χ3v) is 4.11. The molecule has 1 N–H and O–H groups in total. The molecule has 0 aliphatic heterocycles. The van der Waals surface area contributed by atoms with Gasteiger partial charge in [0.05, 0.1) is 12.3 Å². The van der Waals surface area contributed by atoms with Gasteiger partial charge in [-0.2, -0.15) is 0 Å². The van der Waals surface area contributed by atoms with Gasteiger partial charge in [-0.15, -0.1) is 0 Å². The van der Waals surface area contributed by atoms with Gasteiger partial charge >= 0.3 is 0 Å². The molecular weight excluding hydrogens is 314 g/mol. The first-order valence-corrected chi connectivity index (χ1v) is 7.84. The van der Waals surface area contributed by atoms with Crippen molar-refractivity contribution >= 4 is 5.91 Å². The van der Waals surface area contributed by atoms with E-state index in [9.17, 15) is 13.6 Å². The van der Waals surface area contributed by atoms with Crippen LogP contribution in [0, 0.1) is 11.6 Å². The van der Waals surface area contributed by atoms with E-state index >= 15 is 0 Å². The van der Waals surface area contributed by atoms with Crippen LogP contribution in [0.15, 0.2) is 42.6 Å². The summed E-state index contributed by atoms with van der Waals surface area (Å²) in [6, 6.07) is 9.13. The van der Waals surface area contributed by atoms with Gasteiger partial charge in [0, 0.05) is 18.3 Å². The molecule has 24 heavy (non-hydrogen) atoms. The van der Waals surface area contributed by atoms with Crippen molar-refractivity contribution in [2.45, 2.75) is 31.4 Å². The summed E-state index contributed by atoms with van der Waals surface area (Å²) in [5.74, 6) is -1.28. The first-order chi connectivity index (χ1) is 11.6. The second-order valence-corrected chi connectivity index (χ2v) is 5.91. The first-order valence-electron chi connectivity index (χ1n) is 7.84. The molecule has 2 aromatic rings. The van der Waals surface area contributed by atoms with Crippen LogP contribution in [0.4, 0.5) is 8.78 Å². The molecule has 1 aliphatic rings. The van der Waals surface area contributed by atoms with E-state index in [0.29, 0.717) is 18.4 Å². The van der Waals surface area contributed by atoms with E-state index in [2.05, 4.69) is 10.3 Å². The van der Waals surface area contributed by atoms with Crippen molar-refractivity contribution in [1.82, 2.24) is 10.3 Å². The van der Waals surface area contributed by atoms with Gasteiger partial charge in [-0.25, -0.2) is 8.78 Å². The fourth-order valence-electron chi connectivity index (χ4n) is 2.82. The lowest BCUT2D eigenvalue weighted by molar-refractivity contribution is -0.127. The summed E-state index contributed by atoms with van der Waals surface area (Å²) >= 11 is 0. The number of halogens is 2. The van der Waals surface area contributed by atoms with E-state index in [-0.39, 0.29) is 31.1 Å². The van der Waals surface area contributed by atoms with Crippen LogP contribution in [-0.2, 0) is 16.1 Å². The summed E-state index contributed by atoms with van der Waals surface area (Å²) < 4.78 is 31.9. The number of carbonyl (C=O) groups is 1. The molecule has 1 aliphatic carbocycles. The number of hydrogen-bond donors (Lipinski definition) is 1. The minimum Gasteiger partial charge on any atom is -0.365 e. The zero-order valence-electron chi connectivity index (χ0n) is 13.0. The topological polar surface area (TPSA) is 51.2 Å². The molecule has 0 radical (unpaired) electrons. The van der Waals surface area contributed by atoms with Crippen molar-refractivity contribution in [3.05, 3.63) is 65.5 Å². The third-order valence-electron chi connectivity index (χ3n) is 4.11. The molecule has 0 atom stereocenters. The van der Waals surface area contributed by atoms with Gasteiger partial charge in [-0.1, -0.05) is 12.1 Å². The summed E-state index contributed by atoms with van der Waals surface area (Å²) in [7, 11) is 0. The van der Waals surface area contributed by atoms with Gasteiger partial charge < -0.3 is 10.1 Å². The maximum atomic E-state index is 13.7. The molecule has 1 amide bonds. The number of carbonyl (C=O) groups excluding carboxylic acids is 1. The summed E-state index contributed by atoms with van der Waals surface area (Å²) in [5.41, 5.74) is 1.27. The molecule has 0 unspecified atom stereocenters. The molecule has 0 spiro atoms. The largest absolute Gasteiger partial charge is 0.365 e. The van der Waals surface area contributed by atoms with Crippen LogP contribution in [0.3, 0.4) is 0 Å². The number of nitrogens with zero attached hydrogens (tertiary/aromatic N) is 1. The van der Waals surface area contributed by atoms with Crippen LogP contribution < -0.4 is 5.32 Å². The standard InChI is InChI=1S/C18H18F2N2O2/c19-13-4-5-16(17(20)9-13)12-7-15(8-12)22-18(23)11-24-10-14-3-1-2-6-21-14/h1-6,9,12,15H,7-8,10-11H2,(H,22,23). The molecule has 1 heterocycles. The Labute approximate surface area is 138 Å². The summed E-state index contributed by atoms with van der Waals surface area (Å²) in [5, 5.41) is 2.85. The molecule has 6 heteroatoms.